The van der Waals surface area contributed by atoms with Crippen LogP contribution in [0.25, 0.3) is 0 Å². The summed E-state index contributed by atoms with van der Waals surface area (Å²) in [4.78, 5) is 12.0. The number of benzene rings is 1. The van der Waals surface area contributed by atoms with Crippen molar-refractivity contribution in [3.8, 4) is 5.75 Å². The Labute approximate surface area is 106 Å². The van der Waals surface area contributed by atoms with Crippen LogP contribution >= 0.6 is 0 Å². The second kappa shape index (κ2) is 5.40. The van der Waals surface area contributed by atoms with Crippen molar-refractivity contribution in [3.05, 3.63) is 53.9 Å². The Morgan fingerprint density at radius 3 is 2.78 bits per heavy atom. The van der Waals surface area contributed by atoms with E-state index >= 15 is 0 Å². The number of methoxy groups -OCH3 is 1. The molecule has 0 aliphatic heterocycles. The molecule has 2 rings (SSSR count). The Morgan fingerprint density at radius 2 is 2.11 bits per heavy atom. The van der Waals surface area contributed by atoms with Crippen molar-refractivity contribution in [3.63, 3.8) is 0 Å². The summed E-state index contributed by atoms with van der Waals surface area (Å²) in [6.07, 6.45) is 3.92. The van der Waals surface area contributed by atoms with E-state index in [1.165, 1.54) is 0 Å². The quantitative estimate of drug-likeness (QED) is 0.893. The third-order valence-corrected chi connectivity index (χ3v) is 2.70. The number of ether oxygens (including phenoxy) is 1. The predicted molar refractivity (Wildman–Crippen MR) is 69.6 cm³/mol. The Hall–Kier alpha value is -2.23. The maximum atomic E-state index is 12.0. The van der Waals surface area contributed by atoms with Gasteiger partial charge in [0.05, 0.1) is 12.7 Å². The fourth-order valence-corrected chi connectivity index (χ4v) is 1.78. The first-order chi connectivity index (χ1) is 8.70. The zero-order chi connectivity index (χ0) is 13.0. The van der Waals surface area contributed by atoms with Gasteiger partial charge >= 0.3 is 0 Å². The minimum Gasteiger partial charge on any atom is -0.496 e. The lowest BCUT2D eigenvalue weighted by Gasteiger charge is -2.08. The molecule has 2 aromatic rings. The van der Waals surface area contributed by atoms with Gasteiger partial charge in [0.15, 0.2) is 0 Å². The largest absolute Gasteiger partial charge is 0.496 e. The number of nitrogens with one attached hydrogen (secondary N) is 1. The van der Waals surface area contributed by atoms with E-state index in [1.54, 1.807) is 19.2 Å². The van der Waals surface area contributed by atoms with Gasteiger partial charge in [-0.05, 0) is 23.8 Å². The van der Waals surface area contributed by atoms with Crippen LogP contribution in [0.3, 0.4) is 0 Å². The smallest absolute Gasteiger partial charge is 0.255 e. The van der Waals surface area contributed by atoms with Gasteiger partial charge in [-0.2, -0.15) is 0 Å². The van der Waals surface area contributed by atoms with Gasteiger partial charge in [0.25, 0.3) is 5.91 Å². The zero-order valence-corrected chi connectivity index (χ0v) is 10.5. The van der Waals surface area contributed by atoms with E-state index in [0.29, 0.717) is 17.9 Å². The minimum absolute atomic E-state index is 0.128. The van der Waals surface area contributed by atoms with Gasteiger partial charge < -0.3 is 14.6 Å². The van der Waals surface area contributed by atoms with Crippen LogP contribution in [-0.2, 0) is 13.6 Å². The first-order valence-corrected chi connectivity index (χ1v) is 5.73. The third-order valence-electron chi connectivity index (χ3n) is 2.70. The van der Waals surface area contributed by atoms with E-state index in [-0.39, 0.29) is 5.91 Å². The predicted octanol–water partition coefficient (Wildman–Crippen LogP) is 1.96. The second-order valence-corrected chi connectivity index (χ2v) is 4.07. The monoisotopic (exact) mass is 244 g/mol. The van der Waals surface area contributed by atoms with E-state index in [2.05, 4.69) is 5.32 Å². The van der Waals surface area contributed by atoms with E-state index in [0.717, 1.165) is 5.56 Å². The number of hydrogen-bond acceptors (Lipinski definition) is 2. The summed E-state index contributed by atoms with van der Waals surface area (Å²) in [6, 6.07) is 9.16. The lowest BCUT2D eigenvalue weighted by molar-refractivity contribution is 0.0948. The van der Waals surface area contributed by atoms with Gasteiger partial charge in [-0.1, -0.05) is 12.1 Å². The summed E-state index contributed by atoms with van der Waals surface area (Å²) in [5.74, 6) is 0.458. The number of carbonyl (C=O) groups is 1. The highest BCUT2D eigenvalue weighted by Gasteiger charge is 2.10. The Kier molecular flexibility index (Phi) is 3.67. The Bertz CT molecular complexity index is 546. The molecule has 1 heterocycles. The van der Waals surface area contributed by atoms with Crippen LogP contribution in [0.2, 0.25) is 0 Å². The van der Waals surface area contributed by atoms with Crippen LogP contribution in [0.1, 0.15) is 15.9 Å². The molecule has 0 atom stereocenters. The van der Waals surface area contributed by atoms with Crippen LogP contribution in [-0.4, -0.2) is 17.6 Å². The fraction of sp³-hybridized carbons (Fsp3) is 0.214. The third kappa shape index (κ3) is 2.71. The summed E-state index contributed by atoms with van der Waals surface area (Å²) in [6.45, 7) is 0.512. The van der Waals surface area contributed by atoms with Gasteiger partial charge in [-0.3, -0.25) is 4.79 Å². The van der Waals surface area contributed by atoms with E-state index in [9.17, 15) is 4.79 Å². The van der Waals surface area contributed by atoms with Crippen LogP contribution in [0, 0.1) is 0 Å². The number of hydrogen-bond donors (Lipinski definition) is 1. The molecule has 0 fully saturated rings. The molecule has 0 aliphatic carbocycles. The molecule has 18 heavy (non-hydrogen) atoms. The van der Waals surface area contributed by atoms with Crippen molar-refractivity contribution >= 4 is 5.91 Å². The Morgan fingerprint density at radius 1 is 1.33 bits per heavy atom. The van der Waals surface area contributed by atoms with Gasteiger partial charge in [-0.15, -0.1) is 0 Å². The fourth-order valence-electron chi connectivity index (χ4n) is 1.78. The van der Waals surface area contributed by atoms with Crippen molar-refractivity contribution in [2.24, 2.45) is 7.05 Å². The molecule has 0 spiro atoms. The van der Waals surface area contributed by atoms with Crippen LogP contribution < -0.4 is 10.1 Å². The molecule has 1 N–H and O–H groups in total. The van der Waals surface area contributed by atoms with Gasteiger partial charge in [0, 0.05) is 26.0 Å². The van der Waals surface area contributed by atoms with Crippen LogP contribution in [0.5, 0.6) is 5.75 Å². The highest BCUT2D eigenvalue weighted by molar-refractivity contribution is 5.96. The number of nitrogens with zero attached hydrogens (tertiary/aromatic N) is 1. The molecule has 0 saturated heterocycles. The normalized spacial score (nSPS) is 10.1. The second-order valence-electron chi connectivity index (χ2n) is 4.07. The average Bonchev–Trinajstić information content (AvgIpc) is 2.81. The number of carbonyl (C=O) groups excluding carboxylic acids is 1. The molecule has 1 aromatic heterocycles. The standard InChI is InChI=1S/C14H16N2O2/c1-16-8-7-11(10-16)9-15-14(17)12-5-3-4-6-13(12)18-2/h3-8,10H,9H2,1-2H3,(H,15,17). The first kappa shape index (κ1) is 12.2. The molecule has 94 valence electrons. The molecule has 4 heteroatoms. The minimum atomic E-state index is -0.128. The van der Waals surface area contributed by atoms with Crippen molar-refractivity contribution < 1.29 is 9.53 Å². The molecule has 0 radical (unpaired) electrons. The van der Waals surface area contributed by atoms with Crippen LogP contribution in [0.4, 0.5) is 0 Å². The SMILES string of the molecule is COc1ccccc1C(=O)NCc1ccn(C)c1. The van der Waals surface area contributed by atoms with Crippen molar-refractivity contribution in [1.82, 2.24) is 9.88 Å². The van der Waals surface area contributed by atoms with Gasteiger partial charge in [0.2, 0.25) is 0 Å². The van der Waals surface area contributed by atoms with Crippen LogP contribution in [0.15, 0.2) is 42.7 Å². The van der Waals surface area contributed by atoms with E-state index < -0.39 is 0 Å². The molecule has 0 aliphatic rings. The number of rotatable bonds is 4. The lowest BCUT2D eigenvalue weighted by Crippen LogP contribution is -2.23. The molecule has 1 amide bonds. The summed E-state index contributed by atoms with van der Waals surface area (Å²) >= 11 is 0. The highest BCUT2D eigenvalue weighted by Crippen LogP contribution is 2.16. The number of para-hydroxylation sites is 1. The summed E-state index contributed by atoms with van der Waals surface area (Å²) < 4.78 is 7.11. The summed E-state index contributed by atoms with van der Waals surface area (Å²) in [5.41, 5.74) is 1.62. The number of amides is 1. The maximum absolute atomic E-state index is 12.0. The molecular formula is C14H16N2O2. The summed E-state index contributed by atoms with van der Waals surface area (Å²) in [5, 5.41) is 2.87. The number of aryl methyl sites for hydroxylation is 1. The maximum Gasteiger partial charge on any atom is 0.255 e. The summed E-state index contributed by atoms with van der Waals surface area (Å²) in [7, 11) is 3.51. The Balaban J connectivity index is 2.03. The molecule has 4 nitrogen and oxygen atoms in total. The molecule has 1 aromatic carbocycles. The number of aromatic nitrogens is 1. The van der Waals surface area contributed by atoms with Crippen molar-refractivity contribution in [2.75, 3.05) is 7.11 Å². The van der Waals surface area contributed by atoms with Crippen molar-refractivity contribution in [1.29, 1.82) is 0 Å². The molecular weight excluding hydrogens is 228 g/mol. The topological polar surface area (TPSA) is 43.3 Å². The van der Waals surface area contributed by atoms with Gasteiger partial charge in [-0.25, -0.2) is 0 Å². The van der Waals surface area contributed by atoms with E-state index in [4.69, 9.17) is 4.74 Å². The lowest BCUT2D eigenvalue weighted by atomic mass is 10.2. The first-order valence-electron chi connectivity index (χ1n) is 5.73. The van der Waals surface area contributed by atoms with Gasteiger partial charge in [0.1, 0.15) is 5.75 Å². The zero-order valence-electron chi connectivity index (χ0n) is 10.5. The highest BCUT2D eigenvalue weighted by atomic mass is 16.5. The molecule has 0 unspecified atom stereocenters. The molecule has 0 saturated carbocycles. The van der Waals surface area contributed by atoms with E-state index in [1.807, 2.05) is 42.2 Å². The molecule has 0 bridgehead atoms. The van der Waals surface area contributed by atoms with Crippen molar-refractivity contribution in [2.45, 2.75) is 6.54 Å². The average molecular weight is 244 g/mol.